The molecule has 0 saturated carbocycles. The number of nitrogens with one attached hydrogen (secondary N) is 1. The molecule has 0 spiro atoms. The molecule has 1 N–H and O–H groups in total. The Balaban J connectivity index is 1.99. The van der Waals surface area contributed by atoms with Crippen LogP contribution < -0.4 is 10.1 Å². The number of aromatic nitrogens is 1. The molecule has 0 saturated heterocycles. The topological polar surface area (TPSA) is 34.1 Å². The van der Waals surface area contributed by atoms with Gasteiger partial charge in [0, 0.05) is 18.3 Å². The summed E-state index contributed by atoms with van der Waals surface area (Å²) in [5.74, 6) is 0.808. The molecular formula is C17H22N2O. The smallest absolute Gasteiger partial charge is 0.138 e. The zero-order valence-corrected chi connectivity index (χ0v) is 12.4. The first-order chi connectivity index (χ1) is 9.65. The predicted octanol–water partition coefficient (Wildman–Crippen LogP) is 3.47. The highest BCUT2D eigenvalue weighted by molar-refractivity contribution is 5.27. The Labute approximate surface area is 121 Å². The second kappa shape index (κ2) is 7.06. The van der Waals surface area contributed by atoms with Gasteiger partial charge < -0.3 is 10.1 Å². The molecule has 20 heavy (non-hydrogen) atoms. The van der Waals surface area contributed by atoms with Gasteiger partial charge in [0.25, 0.3) is 0 Å². The lowest BCUT2D eigenvalue weighted by Gasteiger charge is -2.13. The zero-order chi connectivity index (χ0) is 14.4. The molecule has 0 aliphatic rings. The van der Waals surface area contributed by atoms with E-state index in [0.717, 1.165) is 18.0 Å². The van der Waals surface area contributed by atoms with E-state index in [-0.39, 0.29) is 0 Å². The van der Waals surface area contributed by atoms with Gasteiger partial charge in [0.2, 0.25) is 0 Å². The molecule has 2 aromatic rings. The van der Waals surface area contributed by atoms with Gasteiger partial charge in [-0.2, -0.15) is 0 Å². The second-order valence-electron chi connectivity index (χ2n) is 5.23. The SMILES string of the molecule is Cc1ccc(OCc2ccccc2CNC(C)C)cn1. The number of hydrogen-bond acceptors (Lipinski definition) is 3. The summed E-state index contributed by atoms with van der Waals surface area (Å²) in [6.07, 6.45) is 1.77. The predicted molar refractivity (Wildman–Crippen MR) is 81.7 cm³/mol. The van der Waals surface area contributed by atoms with Crippen molar-refractivity contribution < 1.29 is 4.74 Å². The molecule has 0 bridgehead atoms. The van der Waals surface area contributed by atoms with Crippen molar-refractivity contribution in [3.8, 4) is 5.75 Å². The number of hydrogen-bond donors (Lipinski definition) is 1. The number of ether oxygens (including phenoxy) is 1. The van der Waals surface area contributed by atoms with Crippen molar-refractivity contribution >= 4 is 0 Å². The fourth-order valence-corrected chi connectivity index (χ4v) is 1.89. The van der Waals surface area contributed by atoms with Crippen LogP contribution in [-0.4, -0.2) is 11.0 Å². The molecular weight excluding hydrogens is 248 g/mol. The van der Waals surface area contributed by atoms with Crippen LogP contribution in [0.3, 0.4) is 0 Å². The van der Waals surface area contributed by atoms with E-state index in [2.05, 4.69) is 42.3 Å². The number of aryl methyl sites for hydroxylation is 1. The highest BCUT2D eigenvalue weighted by Crippen LogP contribution is 2.14. The van der Waals surface area contributed by atoms with Crippen molar-refractivity contribution in [2.45, 2.75) is 40.0 Å². The van der Waals surface area contributed by atoms with Crippen molar-refractivity contribution in [2.24, 2.45) is 0 Å². The highest BCUT2D eigenvalue weighted by atomic mass is 16.5. The van der Waals surface area contributed by atoms with Crippen molar-refractivity contribution in [2.75, 3.05) is 0 Å². The first-order valence-corrected chi connectivity index (χ1v) is 7.01. The molecule has 106 valence electrons. The number of benzene rings is 1. The van der Waals surface area contributed by atoms with Gasteiger partial charge in [-0.15, -0.1) is 0 Å². The molecule has 2 rings (SSSR count). The highest BCUT2D eigenvalue weighted by Gasteiger charge is 2.04. The monoisotopic (exact) mass is 270 g/mol. The van der Waals surface area contributed by atoms with Crippen molar-refractivity contribution in [1.82, 2.24) is 10.3 Å². The third kappa shape index (κ3) is 4.35. The average molecular weight is 270 g/mol. The summed E-state index contributed by atoms with van der Waals surface area (Å²) in [6.45, 7) is 7.70. The largest absolute Gasteiger partial charge is 0.487 e. The molecule has 0 aliphatic carbocycles. The molecule has 1 aromatic carbocycles. The minimum absolute atomic E-state index is 0.477. The van der Waals surface area contributed by atoms with E-state index < -0.39 is 0 Å². The summed E-state index contributed by atoms with van der Waals surface area (Å²) in [6, 6.07) is 12.8. The van der Waals surface area contributed by atoms with E-state index >= 15 is 0 Å². The van der Waals surface area contributed by atoms with Gasteiger partial charge in [-0.05, 0) is 30.2 Å². The zero-order valence-electron chi connectivity index (χ0n) is 12.4. The summed E-state index contributed by atoms with van der Waals surface area (Å²) in [5.41, 5.74) is 3.49. The van der Waals surface area contributed by atoms with Crippen LogP contribution >= 0.6 is 0 Å². The molecule has 1 heterocycles. The third-order valence-corrected chi connectivity index (χ3v) is 3.10. The maximum Gasteiger partial charge on any atom is 0.138 e. The molecule has 3 nitrogen and oxygen atoms in total. The van der Waals surface area contributed by atoms with Gasteiger partial charge in [0.05, 0.1) is 6.20 Å². The van der Waals surface area contributed by atoms with E-state index in [1.807, 2.05) is 25.1 Å². The van der Waals surface area contributed by atoms with Crippen LogP contribution in [0, 0.1) is 6.92 Å². The van der Waals surface area contributed by atoms with E-state index in [1.165, 1.54) is 11.1 Å². The fourth-order valence-electron chi connectivity index (χ4n) is 1.89. The van der Waals surface area contributed by atoms with E-state index in [0.29, 0.717) is 12.6 Å². The Bertz CT molecular complexity index is 535. The van der Waals surface area contributed by atoms with Crippen LogP contribution in [0.4, 0.5) is 0 Å². The van der Waals surface area contributed by atoms with Gasteiger partial charge >= 0.3 is 0 Å². The van der Waals surface area contributed by atoms with Crippen molar-refractivity contribution in [3.05, 3.63) is 59.4 Å². The number of rotatable bonds is 6. The quantitative estimate of drug-likeness (QED) is 0.872. The van der Waals surface area contributed by atoms with Crippen molar-refractivity contribution in [3.63, 3.8) is 0 Å². The lowest BCUT2D eigenvalue weighted by Crippen LogP contribution is -2.22. The van der Waals surface area contributed by atoms with Gasteiger partial charge in [-0.25, -0.2) is 0 Å². The molecule has 0 unspecified atom stereocenters. The maximum atomic E-state index is 5.80. The maximum absolute atomic E-state index is 5.80. The van der Waals surface area contributed by atoms with Crippen LogP contribution in [0.25, 0.3) is 0 Å². The Morgan fingerprint density at radius 1 is 1.10 bits per heavy atom. The second-order valence-corrected chi connectivity index (χ2v) is 5.23. The standard InChI is InChI=1S/C17H22N2O/c1-13(2)18-10-15-6-4-5-7-16(15)12-20-17-9-8-14(3)19-11-17/h4-9,11,13,18H,10,12H2,1-3H3. The summed E-state index contributed by atoms with van der Waals surface area (Å²) in [4.78, 5) is 4.24. The minimum atomic E-state index is 0.477. The van der Waals surface area contributed by atoms with Crippen LogP contribution in [-0.2, 0) is 13.2 Å². The Morgan fingerprint density at radius 2 is 1.85 bits per heavy atom. The summed E-state index contributed by atoms with van der Waals surface area (Å²) >= 11 is 0. The number of nitrogens with zero attached hydrogens (tertiary/aromatic N) is 1. The molecule has 0 amide bonds. The average Bonchev–Trinajstić information content (AvgIpc) is 2.45. The summed E-state index contributed by atoms with van der Waals surface area (Å²) in [7, 11) is 0. The Morgan fingerprint density at radius 3 is 2.50 bits per heavy atom. The van der Waals surface area contributed by atoms with Crippen LogP contribution in [0.1, 0.15) is 30.7 Å². The lowest BCUT2D eigenvalue weighted by atomic mass is 10.1. The molecule has 0 radical (unpaired) electrons. The molecule has 0 atom stereocenters. The normalized spacial score (nSPS) is 10.8. The van der Waals surface area contributed by atoms with Gasteiger partial charge in [-0.1, -0.05) is 38.1 Å². The minimum Gasteiger partial charge on any atom is -0.487 e. The first-order valence-electron chi connectivity index (χ1n) is 7.01. The van der Waals surface area contributed by atoms with E-state index in [1.54, 1.807) is 6.20 Å². The third-order valence-electron chi connectivity index (χ3n) is 3.10. The Kier molecular flexibility index (Phi) is 5.13. The van der Waals surface area contributed by atoms with Crippen LogP contribution in [0.2, 0.25) is 0 Å². The Hall–Kier alpha value is -1.87. The van der Waals surface area contributed by atoms with Gasteiger partial charge in [-0.3, -0.25) is 4.98 Å². The van der Waals surface area contributed by atoms with Crippen LogP contribution in [0.15, 0.2) is 42.6 Å². The van der Waals surface area contributed by atoms with Crippen LogP contribution in [0.5, 0.6) is 5.75 Å². The summed E-state index contributed by atoms with van der Waals surface area (Å²) in [5, 5.41) is 3.44. The van der Waals surface area contributed by atoms with Crippen molar-refractivity contribution in [1.29, 1.82) is 0 Å². The van der Waals surface area contributed by atoms with Gasteiger partial charge in [0.15, 0.2) is 0 Å². The van der Waals surface area contributed by atoms with Gasteiger partial charge in [0.1, 0.15) is 12.4 Å². The molecule has 0 aliphatic heterocycles. The summed E-state index contributed by atoms with van der Waals surface area (Å²) < 4.78 is 5.80. The van der Waals surface area contributed by atoms with E-state index in [9.17, 15) is 0 Å². The number of pyridine rings is 1. The first kappa shape index (κ1) is 14.5. The van der Waals surface area contributed by atoms with E-state index in [4.69, 9.17) is 4.74 Å². The fraction of sp³-hybridized carbons (Fsp3) is 0.353. The molecule has 3 heteroatoms. The lowest BCUT2D eigenvalue weighted by molar-refractivity contribution is 0.303. The molecule has 1 aromatic heterocycles. The molecule has 0 fully saturated rings.